The van der Waals surface area contributed by atoms with Crippen molar-refractivity contribution in [3.8, 4) is 11.5 Å². The van der Waals surface area contributed by atoms with E-state index in [1.807, 2.05) is 13.8 Å². The van der Waals surface area contributed by atoms with E-state index >= 15 is 0 Å². The zero-order valence-electron chi connectivity index (χ0n) is 12.9. The van der Waals surface area contributed by atoms with Crippen LogP contribution in [0.1, 0.15) is 37.0 Å². The summed E-state index contributed by atoms with van der Waals surface area (Å²) in [6.07, 6.45) is 2.17. The van der Waals surface area contributed by atoms with E-state index in [9.17, 15) is 4.79 Å². The zero-order chi connectivity index (χ0) is 15.2. The van der Waals surface area contributed by atoms with E-state index in [2.05, 4.69) is 10.6 Å². The highest BCUT2D eigenvalue weighted by atomic mass is 16.5. The predicted molar refractivity (Wildman–Crippen MR) is 82.1 cm³/mol. The number of amides is 1. The van der Waals surface area contributed by atoms with Crippen molar-refractivity contribution < 1.29 is 14.3 Å². The summed E-state index contributed by atoms with van der Waals surface area (Å²) in [6, 6.07) is 5.48. The van der Waals surface area contributed by atoms with Crippen LogP contribution in [0.15, 0.2) is 18.2 Å². The van der Waals surface area contributed by atoms with Crippen LogP contribution in [0, 0.1) is 0 Å². The third kappa shape index (κ3) is 4.36. The van der Waals surface area contributed by atoms with Crippen LogP contribution in [0.2, 0.25) is 0 Å². The molecular formula is C16H24N2O3. The van der Waals surface area contributed by atoms with Gasteiger partial charge in [-0.25, -0.2) is 0 Å². The smallest absolute Gasteiger partial charge is 0.251 e. The molecule has 0 spiro atoms. The summed E-state index contributed by atoms with van der Waals surface area (Å²) in [5.41, 5.74) is 0.591. The molecule has 1 aliphatic heterocycles. The van der Waals surface area contributed by atoms with E-state index in [0.29, 0.717) is 17.1 Å². The molecule has 0 bridgehead atoms. The van der Waals surface area contributed by atoms with E-state index in [1.54, 1.807) is 25.3 Å². The van der Waals surface area contributed by atoms with E-state index in [1.165, 1.54) is 0 Å². The van der Waals surface area contributed by atoms with Gasteiger partial charge in [0.05, 0.1) is 13.2 Å². The summed E-state index contributed by atoms with van der Waals surface area (Å²) >= 11 is 0. The Morgan fingerprint density at radius 2 is 2.19 bits per heavy atom. The molecule has 21 heavy (non-hydrogen) atoms. The van der Waals surface area contributed by atoms with Gasteiger partial charge >= 0.3 is 0 Å². The molecule has 0 unspecified atom stereocenters. The Morgan fingerprint density at radius 1 is 1.38 bits per heavy atom. The molecule has 0 radical (unpaired) electrons. The zero-order valence-corrected chi connectivity index (χ0v) is 12.9. The number of hydrogen-bond donors (Lipinski definition) is 2. The van der Waals surface area contributed by atoms with Gasteiger partial charge in [0.1, 0.15) is 0 Å². The standard InChI is InChI=1S/C16H24N2O3/c1-11(2)21-14-7-6-12(9-15(14)20-3)16(19)18-13-5-4-8-17-10-13/h6-7,9,11,13,17H,4-5,8,10H2,1-3H3,(H,18,19)/t13-/m0/s1. The van der Waals surface area contributed by atoms with Gasteiger partial charge in [-0.05, 0) is 51.4 Å². The molecule has 0 aromatic heterocycles. The normalized spacial score (nSPS) is 18.4. The van der Waals surface area contributed by atoms with Crippen molar-refractivity contribution in [1.29, 1.82) is 0 Å². The van der Waals surface area contributed by atoms with Crippen molar-refractivity contribution in [3.63, 3.8) is 0 Å². The van der Waals surface area contributed by atoms with Crippen molar-refractivity contribution in [1.82, 2.24) is 10.6 Å². The molecular weight excluding hydrogens is 268 g/mol. The first-order valence-corrected chi connectivity index (χ1v) is 7.46. The first-order chi connectivity index (χ1) is 10.1. The Balaban J connectivity index is 2.06. The third-order valence-electron chi connectivity index (χ3n) is 3.42. The lowest BCUT2D eigenvalue weighted by molar-refractivity contribution is 0.0930. The molecule has 116 valence electrons. The Kier molecular flexibility index (Phi) is 5.44. The Morgan fingerprint density at radius 3 is 2.81 bits per heavy atom. The molecule has 0 aliphatic carbocycles. The summed E-state index contributed by atoms with van der Waals surface area (Å²) in [7, 11) is 1.58. The fourth-order valence-electron chi connectivity index (χ4n) is 2.40. The maximum atomic E-state index is 12.3. The Labute approximate surface area is 126 Å². The van der Waals surface area contributed by atoms with Gasteiger partial charge in [0, 0.05) is 18.2 Å². The lowest BCUT2D eigenvalue weighted by Gasteiger charge is -2.24. The summed E-state index contributed by atoms with van der Waals surface area (Å²) in [5, 5.41) is 6.33. The summed E-state index contributed by atoms with van der Waals surface area (Å²) in [5.74, 6) is 1.17. The maximum absolute atomic E-state index is 12.3. The SMILES string of the molecule is COc1cc(C(=O)N[C@H]2CCCNC2)ccc1OC(C)C. The molecule has 1 atom stereocenters. The molecule has 2 rings (SSSR count). The molecule has 1 fully saturated rings. The second-order valence-electron chi connectivity index (χ2n) is 5.55. The fourth-order valence-corrected chi connectivity index (χ4v) is 2.40. The third-order valence-corrected chi connectivity index (χ3v) is 3.42. The average Bonchev–Trinajstić information content (AvgIpc) is 2.48. The van der Waals surface area contributed by atoms with Crippen molar-refractivity contribution in [3.05, 3.63) is 23.8 Å². The molecule has 5 nitrogen and oxygen atoms in total. The Bertz CT molecular complexity index is 482. The van der Waals surface area contributed by atoms with Crippen LogP contribution in [0.3, 0.4) is 0 Å². The largest absolute Gasteiger partial charge is 0.493 e. The van der Waals surface area contributed by atoms with E-state index in [4.69, 9.17) is 9.47 Å². The topological polar surface area (TPSA) is 59.6 Å². The van der Waals surface area contributed by atoms with Crippen LogP contribution < -0.4 is 20.1 Å². The predicted octanol–water partition coefficient (Wildman–Crippen LogP) is 1.96. The molecule has 0 saturated carbocycles. The number of ether oxygens (including phenoxy) is 2. The van der Waals surface area contributed by atoms with Crippen LogP contribution in [-0.4, -0.2) is 38.3 Å². The number of rotatable bonds is 5. The monoisotopic (exact) mass is 292 g/mol. The molecule has 1 aromatic carbocycles. The summed E-state index contributed by atoms with van der Waals surface area (Å²) in [6.45, 7) is 5.77. The number of carbonyl (C=O) groups is 1. The van der Waals surface area contributed by atoms with Gasteiger partial charge in [-0.1, -0.05) is 0 Å². The number of piperidine rings is 1. The minimum Gasteiger partial charge on any atom is -0.493 e. The molecule has 1 saturated heterocycles. The average molecular weight is 292 g/mol. The lowest BCUT2D eigenvalue weighted by Crippen LogP contribution is -2.45. The molecule has 1 aliphatic rings. The highest BCUT2D eigenvalue weighted by molar-refractivity contribution is 5.95. The van der Waals surface area contributed by atoms with Gasteiger partial charge in [0.25, 0.3) is 5.91 Å². The summed E-state index contributed by atoms with van der Waals surface area (Å²) in [4.78, 5) is 12.3. The minimum atomic E-state index is -0.0712. The highest BCUT2D eigenvalue weighted by Gasteiger charge is 2.17. The van der Waals surface area contributed by atoms with Crippen molar-refractivity contribution >= 4 is 5.91 Å². The number of benzene rings is 1. The molecule has 1 heterocycles. The van der Waals surface area contributed by atoms with Crippen molar-refractivity contribution in [2.24, 2.45) is 0 Å². The minimum absolute atomic E-state index is 0.0619. The van der Waals surface area contributed by atoms with E-state index in [-0.39, 0.29) is 18.1 Å². The van der Waals surface area contributed by atoms with E-state index < -0.39 is 0 Å². The van der Waals surface area contributed by atoms with Crippen LogP contribution in [0.25, 0.3) is 0 Å². The number of nitrogens with one attached hydrogen (secondary N) is 2. The van der Waals surface area contributed by atoms with E-state index in [0.717, 1.165) is 25.9 Å². The second-order valence-corrected chi connectivity index (χ2v) is 5.55. The van der Waals surface area contributed by atoms with Crippen LogP contribution in [0.4, 0.5) is 0 Å². The number of carbonyl (C=O) groups excluding carboxylic acids is 1. The first kappa shape index (κ1) is 15.6. The maximum Gasteiger partial charge on any atom is 0.251 e. The summed E-state index contributed by atoms with van der Waals surface area (Å²) < 4.78 is 11.0. The number of hydrogen-bond acceptors (Lipinski definition) is 4. The van der Waals surface area contributed by atoms with Crippen molar-refractivity contribution in [2.45, 2.75) is 38.8 Å². The first-order valence-electron chi connectivity index (χ1n) is 7.46. The Hall–Kier alpha value is -1.75. The second kappa shape index (κ2) is 7.31. The van der Waals surface area contributed by atoms with Crippen molar-refractivity contribution in [2.75, 3.05) is 20.2 Å². The van der Waals surface area contributed by atoms with Gasteiger partial charge in [-0.2, -0.15) is 0 Å². The lowest BCUT2D eigenvalue weighted by atomic mass is 10.1. The molecule has 2 N–H and O–H groups in total. The van der Waals surface area contributed by atoms with Gasteiger partial charge in [-0.15, -0.1) is 0 Å². The quantitative estimate of drug-likeness (QED) is 0.871. The molecule has 1 amide bonds. The molecule has 5 heteroatoms. The van der Waals surface area contributed by atoms with Crippen LogP contribution in [-0.2, 0) is 0 Å². The van der Waals surface area contributed by atoms with Gasteiger partial charge < -0.3 is 20.1 Å². The van der Waals surface area contributed by atoms with Gasteiger partial charge in [-0.3, -0.25) is 4.79 Å². The van der Waals surface area contributed by atoms with Gasteiger partial charge in [0.2, 0.25) is 0 Å². The van der Waals surface area contributed by atoms with Crippen LogP contribution in [0.5, 0.6) is 11.5 Å². The highest BCUT2D eigenvalue weighted by Crippen LogP contribution is 2.29. The fraction of sp³-hybridized carbons (Fsp3) is 0.562. The molecule has 1 aromatic rings. The number of methoxy groups -OCH3 is 1. The van der Waals surface area contributed by atoms with Crippen LogP contribution >= 0.6 is 0 Å². The van der Waals surface area contributed by atoms with Gasteiger partial charge in [0.15, 0.2) is 11.5 Å².